The number of amides is 3. The van der Waals surface area contributed by atoms with Crippen LogP contribution in [0.3, 0.4) is 0 Å². The minimum absolute atomic E-state index is 0.0465. The number of thiocarbonyl (C=S) groups is 1. The third kappa shape index (κ3) is 6.54. The highest BCUT2D eigenvalue weighted by atomic mass is 32.2. The first-order valence-corrected chi connectivity index (χ1v) is 16.2. The van der Waals surface area contributed by atoms with Crippen molar-refractivity contribution in [2.24, 2.45) is 0 Å². The summed E-state index contributed by atoms with van der Waals surface area (Å²) in [7, 11) is 0. The first kappa shape index (κ1) is 31.7. The van der Waals surface area contributed by atoms with E-state index in [4.69, 9.17) is 12.2 Å². The van der Waals surface area contributed by atoms with Crippen LogP contribution in [0.2, 0.25) is 0 Å². The highest BCUT2D eigenvalue weighted by Crippen LogP contribution is 2.40. The Morgan fingerprint density at radius 3 is 2.53 bits per heavy atom. The van der Waals surface area contributed by atoms with Gasteiger partial charge in [0.05, 0.1) is 25.7 Å². The van der Waals surface area contributed by atoms with E-state index in [0.717, 1.165) is 33.2 Å². The lowest BCUT2D eigenvalue weighted by Gasteiger charge is -2.29. The summed E-state index contributed by atoms with van der Waals surface area (Å²) >= 11 is 7.76. The van der Waals surface area contributed by atoms with Crippen molar-refractivity contribution >= 4 is 91.5 Å². The van der Waals surface area contributed by atoms with Crippen molar-refractivity contribution in [2.45, 2.75) is 30.0 Å². The number of benzene rings is 4. The van der Waals surface area contributed by atoms with Crippen LogP contribution in [-0.4, -0.2) is 32.7 Å². The second-order valence-electron chi connectivity index (χ2n) is 10.7. The largest absolute Gasteiger partial charge is 0.322 e. The number of thiazole rings is 1. The van der Waals surface area contributed by atoms with Gasteiger partial charge in [-0.2, -0.15) is 0 Å². The Morgan fingerprint density at radius 1 is 1.00 bits per heavy atom. The molecular weight excluding hydrogens is 655 g/mol. The minimum Gasteiger partial charge on any atom is -0.322 e. The van der Waals surface area contributed by atoms with Crippen LogP contribution in [0.4, 0.5) is 17.1 Å². The fourth-order valence-electron chi connectivity index (χ4n) is 4.92. The molecule has 0 unspecified atom stereocenters. The molecule has 1 saturated heterocycles. The fraction of sp³-hybridized carbons (Fsp3) is 0.0882. The molecule has 0 radical (unpaired) electrons. The lowest BCUT2D eigenvalue weighted by atomic mass is 10.0. The van der Waals surface area contributed by atoms with Crippen LogP contribution in [0.15, 0.2) is 93.7 Å². The number of nitro groups is 1. The summed E-state index contributed by atoms with van der Waals surface area (Å²) in [6.07, 6.45) is 1.32. The van der Waals surface area contributed by atoms with E-state index in [2.05, 4.69) is 15.6 Å². The van der Waals surface area contributed by atoms with Gasteiger partial charge in [0.2, 0.25) is 0 Å². The molecular formula is C34H25N5O5S3. The number of anilines is 2. The normalized spacial score (nSPS) is 14.1. The predicted octanol–water partition coefficient (Wildman–Crippen LogP) is 7.36. The molecule has 4 aromatic carbocycles. The number of aryl methyl sites for hydroxylation is 3. The molecule has 6 rings (SSSR count). The van der Waals surface area contributed by atoms with E-state index in [-0.39, 0.29) is 22.3 Å². The molecule has 234 valence electrons. The Balaban J connectivity index is 1.25. The molecule has 0 spiro atoms. The smallest absolute Gasteiger partial charge is 0.283 e. The first-order valence-electron chi connectivity index (χ1n) is 14.2. The third-order valence-electron chi connectivity index (χ3n) is 7.55. The summed E-state index contributed by atoms with van der Waals surface area (Å²) in [4.78, 5) is 56.9. The molecule has 1 aliphatic heterocycles. The van der Waals surface area contributed by atoms with E-state index in [1.165, 1.54) is 28.4 Å². The number of rotatable bonds is 7. The molecule has 0 bridgehead atoms. The topological polar surface area (TPSA) is 135 Å². The average Bonchev–Trinajstić information content (AvgIpc) is 3.43. The van der Waals surface area contributed by atoms with Crippen molar-refractivity contribution in [1.82, 2.24) is 10.3 Å². The molecule has 1 aliphatic rings. The molecule has 2 heterocycles. The second-order valence-corrected chi connectivity index (χ2v) is 13.5. The Labute approximate surface area is 282 Å². The molecule has 10 nitrogen and oxygen atoms in total. The number of aromatic nitrogens is 1. The van der Waals surface area contributed by atoms with E-state index in [1.807, 2.05) is 51.1 Å². The van der Waals surface area contributed by atoms with Gasteiger partial charge >= 0.3 is 0 Å². The van der Waals surface area contributed by atoms with E-state index in [1.54, 1.807) is 42.5 Å². The van der Waals surface area contributed by atoms with Gasteiger partial charge in [-0.15, -0.1) is 11.3 Å². The number of hydrogen-bond donors (Lipinski definition) is 2. The SMILES string of the molecule is Cc1ccc(N2C(=O)/C(=C/c3ccc(Sc4nc5ccc(NC(=O)c6ccccc6C)cc5s4)c([N+](=O)[O-])c3)C(=O)NC2=S)cc1C. The van der Waals surface area contributed by atoms with Crippen molar-refractivity contribution in [1.29, 1.82) is 0 Å². The summed E-state index contributed by atoms with van der Waals surface area (Å²) in [5.41, 5.74) is 5.10. The van der Waals surface area contributed by atoms with E-state index in [9.17, 15) is 24.5 Å². The molecule has 0 atom stereocenters. The zero-order valence-corrected chi connectivity index (χ0v) is 27.6. The highest BCUT2D eigenvalue weighted by Gasteiger charge is 2.34. The summed E-state index contributed by atoms with van der Waals surface area (Å²) in [5, 5.41) is 17.5. The fourth-order valence-corrected chi connectivity index (χ4v) is 7.35. The Kier molecular flexibility index (Phi) is 8.69. The van der Waals surface area contributed by atoms with Gasteiger partial charge in [0.15, 0.2) is 9.45 Å². The van der Waals surface area contributed by atoms with Crippen molar-refractivity contribution in [3.05, 3.63) is 122 Å². The maximum atomic E-state index is 13.5. The average molecular weight is 680 g/mol. The van der Waals surface area contributed by atoms with Gasteiger partial charge in [0, 0.05) is 17.3 Å². The van der Waals surface area contributed by atoms with Crippen molar-refractivity contribution in [2.75, 3.05) is 10.2 Å². The Bertz CT molecular complexity index is 2190. The standard InChI is InChI=1S/C34H25N5O5S3/c1-18-8-11-23(14-20(18)3)38-32(42)25(31(41)37-33(38)45)15-21-9-13-28(27(16-21)39(43)44)46-34-36-26-12-10-22(17-29(26)47-34)35-30(40)24-7-5-4-6-19(24)2/h4-17H,1-3H3,(H,35,40)(H,37,41,45)/b25-15+. The van der Waals surface area contributed by atoms with E-state index in [0.29, 0.717) is 37.3 Å². The number of nitrogens with zero attached hydrogens (tertiary/aromatic N) is 3. The van der Waals surface area contributed by atoms with Gasteiger partial charge in [-0.3, -0.25) is 34.7 Å². The van der Waals surface area contributed by atoms with Gasteiger partial charge in [0.1, 0.15) is 5.57 Å². The zero-order chi connectivity index (χ0) is 33.4. The van der Waals surface area contributed by atoms with Gasteiger partial charge in [-0.25, -0.2) is 4.98 Å². The van der Waals surface area contributed by atoms with Gasteiger partial charge in [0.25, 0.3) is 23.4 Å². The lowest BCUT2D eigenvalue weighted by Crippen LogP contribution is -2.54. The van der Waals surface area contributed by atoms with Crippen molar-refractivity contribution in [3.8, 4) is 0 Å². The molecule has 0 saturated carbocycles. The number of nitrogens with one attached hydrogen (secondary N) is 2. The first-order chi connectivity index (χ1) is 22.5. The number of hydrogen-bond acceptors (Lipinski definition) is 9. The highest BCUT2D eigenvalue weighted by molar-refractivity contribution is 8.01. The number of carbonyl (C=O) groups excluding carboxylic acids is 3. The third-order valence-corrected chi connectivity index (χ3v) is 9.98. The van der Waals surface area contributed by atoms with Crippen LogP contribution in [0.1, 0.15) is 32.6 Å². The maximum Gasteiger partial charge on any atom is 0.283 e. The second kappa shape index (κ2) is 12.9. The predicted molar refractivity (Wildman–Crippen MR) is 188 cm³/mol. The number of nitro benzene ring substituents is 1. The van der Waals surface area contributed by atoms with Crippen LogP contribution < -0.4 is 15.5 Å². The molecule has 1 aromatic heterocycles. The summed E-state index contributed by atoms with van der Waals surface area (Å²) in [5.74, 6) is -1.54. The van der Waals surface area contributed by atoms with E-state index < -0.39 is 16.7 Å². The monoisotopic (exact) mass is 679 g/mol. The number of fused-ring (bicyclic) bond motifs is 1. The maximum absolute atomic E-state index is 13.5. The number of carbonyl (C=O) groups is 3. The summed E-state index contributed by atoms with van der Waals surface area (Å²) in [6, 6.07) is 22.5. The quantitative estimate of drug-likeness (QED) is 0.0599. The van der Waals surface area contributed by atoms with Gasteiger partial charge < -0.3 is 5.32 Å². The van der Waals surface area contributed by atoms with Crippen LogP contribution in [0.5, 0.6) is 0 Å². The summed E-state index contributed by atoms with van der Waals surface area (Å²) < 4.78 is 1.36. The van der Waals surface area contributed by atoms with E-state index >= 15 is 0 Å². The Hall–Kier alpha value is -5.24. The molecule has 47 heavy (non-hydrogen) atoms. The molecule has 3 amide bonds. The van der Waals surface area contributed by atoms with Gasteiger partial charge in [-0.1, -0.05) is 42.1 Å². The molecule has 13 heteroatoms. The zero-order valence-electron chi connectivity index (χ0n) is 25.2. The molecule has 2 N–H and O–H groups in total. The van der Waals surface area contributed by atoms with Crippen LogP contribution in [0.25, 0.3) is 16.3 Å². The minimum atomic E-state index is -0.690. The van der Waals surface area contributed by atoms with Gasteiger partial charge in [-0.05, 0) is 104 Å². The Morgan fingerprint density at radius 2 is 1.79 bits per heavy atom. The van der Waals surface area contributed by atoms with Crippen LogP contribution in [0, 0.1) is 30.9 Å². The van der Waals surface area contributed by atoms with Crippen LogP contribution in [-0.2, 0) is 9.59 Å². The van der Waals surface area contributed by atoms with Crippen molar-refractivity contribution in [3.63, 3.8) is 0 Å². The van der Waals surface area contributed by atoms with Crippen LogP contribution >= 0.6 is 35.3 Å². The molecule has 5 aromatic rings. The van der Waals surface area contributed by atoms with Crippen molar-refractivity contribution < 1.29 is 19.3 Å². The summed E-state index contributed by atoms with van der Waals surface area (Å²) in [6.45, 7) is 5.72. The molecule has 0 aliphatic carbocycles. The molecule has 1 fully saturated rings. The lowest BCUT2D eigenvalue weighted by molar-refractivity contribution is -0.387.